The highest BCUT2D eigenvalue weighted by molar-refractivity contribution is 8.76. The summed E-state index contributed by atoms with van der Waals surface area (Å²) in [5, 5.41) is -1.32. The number of hydroxylamine groups is 2. The summed E-state index contributed by atoms with van der Waals surface area (Å²) in [6.45, 7) is 1.92. The zero-order chi connectivity index (χ0) is 23.9. The van der Waals surface area contributed by atoms with Crippen LogP contribution in [0.5, 0.6) is 0 Å². The van der Waals surface area contributed by atoms with Gasteiger partial charge < -0.3 is 10.6 Å². The Labute approximate surface area is 192 Å². The quantitative estimate of drug-likeness (QED) is 0.182. The molecule has 1 aliphatic heterocycles. The number of aromatic nitrogens is 1. The van der Waals surface area contributed by atoms with Crippen LogP contribution in [0.4, 0.5) is 0 Å². The van der Waals surface area contributed by atoms with Crippen molar-refractivity contribution in [1.82, 2.24) is 10.0 Å². The molecule has 1 fully saturated rings. The fourth-order valence-electron chi connectivity index (χ4n) is 2.78. The van der Waals surface area contributed by atoms with Crippen molar-refractivity contribution in [2.24, 2.45) is 5.73 Å². The molecule has 14 heteroatoms. The summed E-state index contributed by atoms with van der Waals surface area (Å²) in [6.07, 6.45) is 1.11. The first-order valence-corrected chi connectivity index (χ1v) is 13.5. The Balaban J connectivity index is 2.15. The third-order valence-electron chi connectivity index (χ3n) is 4.41. The van der Waals surface area contributed by atoms with Gasteiger partial charge in [0.25, 0.3) is 21.9 Å². The summed E-state index contributed by atoms with van der Waals surface area (Å²) >= 11 is 0. The monoisotopic (exact) mass is 505 g/mol. The molecule has 32 heavy (non-hydrogen) atoms. The van der Waals surface area contributed by atoms with Gasteiger partial charge in [0.1, 0.15) is 10.9 Å². The summed E-state index contributed by atoms with van der Waals surface area (Å²) in [4.78, 5) is 57.2. The highest BCUT2D eigenvalue weighted by atomic mass is 33.1. The van der Waals surface area contributed by atoms with E-state index in [1.807, 2.05) is 6.92 Å². The van der Waals surface area contributed by atoms with Crippen LogP contribution in [-0.4, -0.2) is 57.7 Å². The second-order valence-electron chi connectivity index (χ2n) is 6.86. The Morgan fingerprint density at radius 1 is 1.38 bits per heavy atom. The highest BCUT2D eigenvalue weighted by Gasteiger charge is 2.48. The number of rotatable bonds is 12. The van der Waals surface area contributed by atoms with Gasteiger partial charge >= 0.3 is 5.97 Å². The lowest BCUT2D eigenvalue weighted by atomic mass is 9.98. The van der Waals surface area contributed by atoms with E-state index in [1.165, 1.54) is 21.6 Å². The Kier molecular flexibility index (Phi) is 9.48. The number of nitrogens with zero attached hydrogens (tertiary/aromatic N) is 2. The van der Waals surface area contributed by atoms with Crippen LogP contribution in [0, 0.1) is 0 Å². The lowest BCUT2D eigenvalue weighted by Gasteiger charge is -2.19. The van der Waals surface area contributed by atoms with Crippen LogP contribution in [0.25, 0.3) is 0 Å². The lowest BCUT2D eigenvalue weighted by Crippen LogP contribution is -2.38. The molecule has 0 radical (unpaired) electrons. The van der Waals surface area contributed by atoms with Gasteiger partial charge in [-0.05, 0) is 29.3 Å². The SMILES string of the molecule is CCCCC(C(=O)ON1C(=O)CC(S(=O)(=O)O)C1=O)c1cccc(SSCCC(N)=O)n1. The average molecular weight is 506 g/mol. The maximum absolute atomic E-state index is 12.8. The van der Waals surface area contributed by atoms with E-state index in [2.05, 4.69) is 4.98 Å². The van der Waals surface area contributed by atoms with E-state index in [0.29, 0.717) is 29.3 Å². The molecule has 1 saturated heterocycles. The molecule has 3 amide bonds. The van der Waals surface area contributed by atoms with Gasteiger partial charge in [-0.15, -0.1) is 5.06 Å². The second kappa shape index (κ2) is 11.6. The number of hydrogen-bond donors (Lipinski definition) is 2. The van der Waals surface area contributed by atoms with Crippen molar-refractivity contribution < 1.29 is 37.0 Å². The van der Waals surface area contributed by atoms with Crippen LogP contribution in [0.2, 0.25) is 0 Å². The number of hydrogen-bond acceptors (Lipinski definition) is 10. The van der Waals surface area contributed by atoms with Crippen molar-refractivity contribution in [1.29, 1.82) is 0 Å². The van der Waals surface area contributed by atoms with E-state index in [0.717, 1.165) is 6.42 Å². The molecule has 2 unspecified atom stereocenters. The molecule has 0 aromatic carbocycles. The Bertz CT molecular complexity index is 985. The molecule has 1 aliphatic rings. The minimum absolute atomic E-state index is 0.0952. The Hall–Kier alpha value is -2.16. The number of primary amides is 1. The smallest absolute Gasteiger partial charge is 0.342 e. The van der Waals surface area contributed by atoms with E-state index in [-0.39, 0.29) is 11.5 Å². The highest BCUT2D eigenvalue weighted by Crippen LogP contribution is 2.32. The molecule has 0 saturated carbocycles. The molecule has 2 heterocycles. The second-order valence-corrected chi connectivity index (χ2v) is 10.9. The van der Waals surface area contributed by atoms with Gasteiger partial charge in [-0.25, -0.2) is 9.78 Å². The fraction of sp³-hybridized carbons (Fsp3) is 0.500. The number of carbonyl (C=O) groups excluding carboxylic acids is 4. The number of pyridine rings is 1. The molecule has 0 bridgehead atoms. The average Bonchev–Trinajstić information content (AvgIpc) is 3.00. The summed E-state index contributed by atoms with van der Waals surface area (Å²) in [6, 6.07) is 5.01. The lowest BCUT2D eigenvalue weighted by molar-refractivity contribution is -0.198. The van der Waals surface area contributed by atoms with Gasteiger partial charge in [-0.3, -0.25) is 18.9 Å². The van der Waals surface area contributed by atoms with E-state index >= 15 is 0 Å². The molecule has 0 spiro atoms. The summed E-state index contributed by atoms with van der Waals surface area (Å²) in [7, 11) is -2.14. The van der Waals surface area contributed by atoms with Crippen molar-refractivity contribution in [2.45, 2.75) is 55.2 Å². The van der Waals surface area contributed by atoms with Crippen molar-refractivity contribution in [3.05, 3.63) is 23.9 Å². The molecule has 2 atom stereocenters. The topological polar surface area (TPSA) is 174 Å². The third kappa shape index (κ3) is 7.18. The van der Waals surface area contributed by atoms with E-state index in [9.17, 15) is 27.6 Å². The predicted octanol–water partition coefficient (Wildman–Crippen LogP) is 1.44. The number of imide groups is 1. The standard InChI is InChI=1S/C18H23N3O8S3/c1-2-3-5-11(12-6-4-7-15(20-12)31-30-9-8-14(19)22)18(25)29-21-16(23)10-13(17(21)24)32(26,27)28/h4,6-7,11,13H,2-3,5,8-10H2,1H3,(H2,19,22)(H,26,27,28). The molecule has 11 nitrogen and oxygen atoms in total. The van der Waals surface area contributed by atoms with Crippen LogP contribution in [0.15, 0.2) is 23.2 Å². The van der Waals surface area contributed by atoms with Crippen LogP contribution in [0.3, 0.4) is 0 Å². The molecule has 0 aliphatic carbocycles. The molecular formula is C18H23N3O8S3. The fourth-order valence-corrected chi connectivity index (χ4v) is 5.38. The molecule has 176 valence electrons. The zero-order valence-electron chi connectivity index (χ0n) is 17.1. The van der Waals surface area contributed by atoms with Gasteiger partial charge in [0.05, 0.1) is 12.1 Å². The first-order chi connectivity index (χ1) is 15.0. The Morgan fingerprint density at radius 2 is 2.09 bits per heavy atom. The number of nitrogens with two attached hydrogens (primary N) is 1. The molecule has 1 aromatic heterocycles. The number of carbonyl (C=O) groups is 4. The van der Waals surface area contributed by atoms with Crippen LogP contribution >= 0.6 is 21.6 Å². The van der Waals surface area contributed by atoms with Gasteiger partial charge in [-0.2, -0.15) is 8.42 Å². The maximum atomic E-state index is 12.8. The van der Waals surface area contributed by atoms with Crippen molar-refractivity contribution in [2.75, 3.05) is 5.75 Å². The zero-order valence-corrected chi connectivity index (χ0v) is 19.6. The largest absolute Gasteiger partial charge is 0.370 e. The van der Waals surface area contributed by atoms with Gasteiger partial charge in [-0.1, -0.05) is 36.6 Å². The predicted molar refractivity (Wildman–Crippen MR) is 117 cm³/mol. The Morgan fingerprint density at radius 3 is 2.69 bits per heavy atom. The molecule has 2 rings (SSSR count). The summed E-state index contributed by atoms with van der Waals surface area (Å²) < 4.78 is 31.7. The van der Waals surface area contributed by atoms with E-state index < -0.39 is 51.4 Å². The van der Waals surface area contributed by atoms with Crippen LogP contribution in [0.1, 0.15) is 50.6 Å². The first kappa shape index (κ1) is 26.1. The van der Waals surface area contributed by atoms with Crippen molar-refractivity contribution >= 4 is 55.4 Å². The normalized spacial score (nSPS) is 17.4. The maximum Gasteiger partial charge on any atom is 0.342 e. The summed E-state index contributed by atoms with van der Waals surface area (Å²) in [5.41, 5.74) is 5.46. The van der Waals surface area contributed by atoms with Crippen LogP contribution in [-0.2, 0) is 34.1 Å². The number of unbranched alkanes of at least 4 members (excludes halogenated alkanes) is 1. The first-order valence-electron chi connectivity index (χ1n) is 9.64. The molecule has 3 N–H and O–H groups in total. The minimum Gasteiger partial charge on any atom is -0.370 e. The van der Waals surface area contributed by atoms with Crippen molar-refractivity contribution in [3.8, 4) is 0 Å². The van der Waals surface area contributed by atoms with Crippen molar-refractivity contribution in [3.63, 3.8) is 0 Å². The molecular weight excluding hydrogens is 482 g/mol. The van der Waals surface area contributed by atoms with Gasteiger partial charge in [0, 0.05) is 12.2 Å². The van der Waals surface area contributed by atoms with E-state index in [1.54, 1.807) is 18.2 Å². The number of amides is 3. The minimum atomic E-state index is -4.81. The van der Waals surface area contributed by atoms with E-state index in [4.69, 9.17) is 15.1 Å². The third-order valence-corrected chi connectivity index (χ3v) is 7.75. The van der Waals surface area contributed by atoms with Gasteiger partial charge in [0.2, 0.25) is 5.91 Å². The summed E-state index contributed by atoms with van der Waals surface area (Å²) in [5.74, 6) is -4.12. The molecule has 1 aromatic rings. The van der Waals surface area contributed by atoms with Crippen LogP contribution < -0.4 is 5.73 Å². The van der Waals surface area contributed by atoms with Gasteiger partial charge in [0.15, 0.2) is 5.25 Å².